The minimum atomic E-state index is -0.488. The molecule has 3 rings (SSSR count). The molecular formula is C18H17ClN4O2. The Hall–Kier alpha value is -2.70. The molecule has 7 heteroatoms. The molecule has 0 unspecified atom stereocenters. The molecule has 0 radical (unpaired) electrons. The van der Waals surface area contributed by atoms with Crippen LogP contribution in [0.5, 0.6) is 0 Å². The molecule has 1 aromatic heterocycles. The molecule has 25 heavy (non-hydrogen) atoms. The first-order valence-electron chi connectivity index (χ1n) is 7.73. The highest BCUT2D eigenvalue weighted by Gasteiger charge is 2.13. The number of fused-ring (bicyclic) bond motifs is 1. The standard InChI is InChI=1S/C18H17ClN4O2/c1-10(9-24)17(25)21-13-4-2-3-11(7-13)16-14-8-12(19)5-6-15(14)22-18(20)23-16/h2-8,10,24H,9H2,1H3,(H,21,25)(H2,20,22,23)/t10-/m0/s1. The van der Waals surface area contributed by atoms with Gasteiger partial charge in [-0.25, -0.2) is 9.97 Å². The quantitative estimate of drug-likeness (QED) is 0.666. The van der Waals surface area contributed by atoms with Crippen LogP contribution in [0.1, 0.15) is 6.92 Å². The number of aliphatic hydroxyl groups excluding tert-OH is 1. The van der Waals surface area contributed by atoms with E-state index in [0.717, 1.165) is 10.9 Å². The van der Waals surface area contributed by atoms with Gasteiger partial charge in [-0.3, -0.25) is 4.79 Å². The second kappa shape index (κ2) is 7.04. The van der Waals surface area contributed by atoms with Gasteiger partial charge in [0.25, 0.3) is 0 Å². The van der Waals surface area contributed by atoms with E-state index in [4.69, 9.17) is 22.4 Å². The van der Waals surface area contributed by atoms with E-state index in [-0.39, 0.29) is 18.5 Å². The summed E-state index contributed by atoms with van der Waals surface area (Å²) in [5, 5.41) is 13.2. The number of nitrogens with two attached hydrogens (primary N) is 1. The number of nitrogens with one attached hydrogen (secondary N) is 1. The maximum absolute atomic E-state index is 12.0. The summed E-state index contributed by atoms with van der Waals surface area (Å²) in [6.07, 6.45) is 0. The number of carbonyl (C=O) groups excluding carboxylic acids is 1. The summed E-state index contributed by atoms with van der Waals surface area (Å²) in [7, 11) is 0. The van der Waals surface area contributed by atoms with Gasteiger partial charge in [-0.1, -0.05) is 30.7 Å². The molecule has 1 amide bonds. The molecule has 6 nitrogen and oxygen atoms in total. The lowest BCUT2D eigenvalue weighted by molar-refractivity contribution is -0.120. The zero-order chi connectivity index (χ0) is 18.0. The van der Waals surface area contributed by atoms with Crippen molar-refractivity contribution in [2.45, 2.75) is 6.92 Å². The Morgan fingerprint density at radius 3 is 2.84 bits per heavy atom. The number of rotatable bonds is 4. The van der Waals surface area contributed by atoms with Crippen LogP contribution in [-0.4, -0.2) is 27.6 Å². The molecule has 2 aromatic carbocycles. The van der Waals surface area contributed by atoms with Gasteiger partial charge in [0, 0.05) is 21.7 Å². The van der Waals surface area contributed by atoms with Crippen LogP contribution in [0.4, 0.5) is 11.6 Å². The molecule has 0 saturated heterocycles. The van der Waals surface area contributed by atoms with Crippen LogP contribution in [0, 0.1) is 5.92 Å². The van der Waals surface area contributed by atoms with Gasteiger partial charge < -0.3 is 16.2 Å². The third-order valence-corrected chi connectivity index (χ3v) is 4.04. The Bertz CT molecular complexity index is 946. The fourth-order valence-corrected chi connectivity index (χ4v) is 2.60. The number of nitrogens with zero attached hydrogens (tertiary/aromatic N) is 2. The highest BCUT2D eigenvalue weighted by atomic mass is 35.5. The number of aromatic nitrogens is 2. The largest absolute Gasteiger partial charge is 0.396 e. The van der Waals surface area contributed by atoms with Gasteiger partial charge in [0.15, 0.2) is 0 Å². The maximum Gasteiger partial charge on any atom is 0.229 e. The summed E-state index contributed by atoms with van der Waals surface area (Å²) in [6, 6.07) is 12.6. The van der Waals surface area contributed by atoms with Crippen LogP contribution in [0.25, 0.3) is 22.2 Å². The van der Waals surface area contributed by atoms with Crippen LogP contribution in [-0.2, 0) is 4.79 Å². The molecule has 0 saturated carbocycles. The summed E-state index contributed by atoms with van der Waals surface area (Å²) in [6.45, 7) is 1.44. The fourth-order valence-electron chi connectivity index (χ4n) is 2.43. The number of benzene rings is 2. The zero-order valence-corrected chi connectivity index (χ0v) is 14.3. The van der Waals surface area contributed by atoms with Crippen LogP contribution in [0.15, 0.2) is 42.5 Å². The first-order valence-corrected chi connectivity index (χ1v) is 8.10. The van der Waals surface area contributed by atoms with Gasteiger partial charge in [0.05, 0.1) is 23.7 Å². The summed E-state index contributed by atoms with van der Waals surface area (Å²) in [4.78, 5) is 20.5. The third-order valence-electron chi connectivity index (χ3n) is 3.80. The van der Waals surface area contributed by atoms with Crippen LogP contribution in [0.2, 0.25) is 5.02 Å². The molecule has 4 N–H and O–H groups in total. The number of amides is 1. The summed E-state index contributed by atoms with van der Waals surface area (Å²) < 4.78 is 0. The first-order chi connectivity index (χ1) is 12.0. The third kappa shape index (κ3) is 3.70. The van der Waals surface area contributed by atoms with Crippen LogP contribution < -0.4 is 11.1 Å². The van der Waals surface area contributed by atoms with Crippen molar-refractivity contribution >= 4 is 40.0 Å². The van der Waals surface area contributed by atoms with Crippen molar-refractivity contribution in [1.82, 2.24) is 9.97 Å². The minimum absolute atomic E-state index is 0.160. The monoisotopic (exact) mass is 356 g/mol. The predicted octanol–water partition coefficient (Wildman–Crippen LogP) is 3.10. The Labute approximate surface area is 149 Å². The van der Waals surface area contributed by atoms with Gasteiger partial charge in [0.1, 0.15) is 0 Å². The number of nitrogen functional groups attached to an aromatic ring is 1. The number of anilines is 2. The zero-order valence-electron chi connectivity index (χ0n) is 13.5. The Morgan fingerprint density at radius 2 is 2.08 bits per heavy atom. The molecule has 1 atom stereocenters. The van der Waals surface area contributed by atoms with Gasteiger partial charge in [-0.15, -0.1) is 0 Å². The van der Waals surface area contributed by atoms with Crippen molar-refractivity contribution < 1.29 is 9.90 Å². The van der Waals surface area contributed by atoms with E-state index >= 15 is 0 Å². The van der Waals surface area contributed by atoms with E-state index in [0.29, 0.717) is 21.9 Å². The Balaban J connectivity index is 2.05. The number of hydrogen-bond donors (Lipinski definition) is 3. The SMILES string of the molecule is C[C@@H](CO)C(=O)Nc1cccc(-c2nc(N)nc3ccc(Cl)cc23)c1. The molecule has 0 aliphatic carbocycles. The minimum Gasteiger partial charge on any atom is -0.396 e. The molecule has 0 fully saturated rings. The van der Waals surface area contributed by atoms with Crippen molar-refractivity contribution in [1.29, 1.82) is 0 Å². The average molecular weight is 357 g/mol. The smallest absolute Gasteiger partial charge is 0.229 e. The predicted molar refractivity (Wildman–Crippen MR) is 99.3 cm³/mol. The molecule has 0 bridgehead atoms. The summed E-state index contributed by atoms with van der Waals surface area (Å²) in [5.41, 5.74) is 8.53. The van der Waals surface area contributed by atoms with E-state index in [2.05, 4.69) is 15.3 Å². The second-order valence-electron chi connectivity index (χ2n) is 5.75. The summed E-state index contributed by atoms with van der Waals surface area (Å²) in [5.74, 6) is -0.582. The number of hydrogen-bond acceptors (Lipinski definition) is 5. The number of halogens is 1. The Morgan fingerprint density at radius 1 is 1.28 bits per heavy atom. The van der Waals surface area contributed by atoms with Crippen molar-refractivity contribution in [2.75, 3.05) is 17.7 Å². The van der Waals surface area contributed by atoms with Crippen LogP contribution in [0.3, 0.4) is 0 Å². The molecule has 0 aliphatic rings. The lowest BCUT2D eigenvalue weighted by atomic mass is 10.1. The highest BCUT2D eigenvalue weighted by Crippen LogP contribution is 2.30. The van der Waals surface area contributed by atoms with E-state index in [1.165, 1.54) is 0 Å². The fraction of sp³-hybridized carbons (Fsp3) is 0.167. The Kier molecular flexibility index (Phi) is 4.83. The highest BCUT2D eigenvalue weighted by molar-refractivity contribution is 6.31. The van der Waals surface area contributed by atoms with Crippen molar-refractivity contribution in [3.05, 3.63) is 47.5 Å². The van der Waals surface area contributed by atoms with Crippen molar-refractivity contribution in [3.8, 4) is 11.3 Å². The molecule has 1 heterocycles. The second-order valence-corrected chi connectivity index (χ2v) is 6.18. The molecule has 0 spiro atoms. The van der Waals surface area contributed by atoms with Crippen molar-refractivity contribution in [3.63, 3.8) is 0 Å². The summed E-state index contributed by atoms with van der Waals surface area (Å²) >= 11 is 6.10. The maximum atomic E-state index is 12.0. The van der Waals surface area contributed by atoms with Gasteiger partial charge >= 0.3 is 0 Å². The van der Waals surface area contributed by atoms with Crippen LogP contribution >= 0.6 is 11.6 Å². The van der Waals surface area contributed by atoms with Crippen molar-refractivity contribution in [2.24, 2.45) is 5.92 Å². The van der Waals surface area contributed by atoms with E-state index < -0.39 is 5.92 Å². The average Bonchev–Trinajstić information content (AvgIpc) is 2.60. The van der Waals surface area contributed by atoms with Gasteiger partial charge in [-0.05, 0) is 30.3 Å². The molecule has 3 aromatic rings. The molecule has 128 valence electrons. The van der Waals surface area contributed by atoms with E-state index in [1.807, 2.05) is 12.1 Å². The topological polar surface area (TPSA) is 101 Å². The van der Waals surface area contributed by atoms with E-state index in [9.17, 15) is 4.79 Å². The lowest BCUT2D eigenvalue weighted by Crippen LogP contribution is -2.22. The first kappa shape index (κ1) is 17.1. The van der Waals surface area contributed by atoms with Gasteiger partial charge in [0.2, 0.25) is 11.9 Å². The number of carbonyl (C=O) groups is 1. The van der Waals surface area contributed by atoms with Gasteiger partial charge in [-0.2, -0.15) is 0 Å². The van der Waals surface area contributed by atoms with E-state index in [1.54, 1.807) is 37.3 Å². The number of aliphatic hydroxyl groups is 1. The molecule has 0 aliphatic heterocycles. The molecular weight excluding hydrogens is 340 g/mol. The normalized spacial score (nSPS) is 12.1. The lowest BCUT2D eigenvalue weighted by Gasteiger charge is -2.12.